The predicted molar refractivity (Wildman–Crippen MR) is 78.9 cm³/mol. The van der Waals surface area contributed by atoms with Gasteiger partial charge in [-0.25, -0.2) is 0 Å². The van der Waals surface area contributed by atoms with Gasteiger partial charge < -0.3 is 15.5 Å². The van der Waals surface area contributed by atoms with Crippen LogP contribution < -0.4 is 5.32 Å². The van der Waals surface area contributed by atoms with E-state index in [0.29, 0.717) is 18.0 Å². The summed E-state index contributed by atoms with van der Waals surface area (Å²) in [5, 5.41) is 33.4. The van der Waals surface area contributed by atoms with E-state index in [2.05, 4.69) is 5.32 Å². The summed E-state index contributed by atoms with van der Waals surface area (Å²) in [7, 11) is 0. The van der Waals surface area contributed by atoms with Crippen molar-refractivity contribution in [1.82, 2.24) is 5.32 Å². The van der Waals surface area contributed by atoms with Crippen LogP contribution in [0.2, 0.25) is 0 Å². The first-order valence-electron chi connectivity index (χ1n) is 7.37. The highest BCUT2D eigenvalue weighted by Gasteiger charge is 2.20. The number of rotatable bonds is 6. The number of hydrogen-bond acceptors (Lipinski definition) is 5. The van der Waals surface area contributed by atoms with E-state index < -0.39 is 11.0 Å². The van der Waals surface area contributed by atoms with Crippen LogP contribution in [0.5, 0.6) is 0 Å². The molecule has 0 radical (unpaired) electrons. The minimum Gasteiger partial charge on any atom is -0.393 e. The predicted octanol–water partition coefficient (Wildman–Crippen LogP) is 1.77. The molecule has 0 heterocycles. The third-order valence-electron chi connectivity index (χ3n) is 4.01. The topological polar surface area (TPSA) is 95.6 Å². The van der Waals surface area contributed by atoms with Crippen molar-refractivity contribution < 1.29 is 15.1 Å². The van der Waals surface area contributed by atoms with Gasteiger partial charge in [0.2, 0.25) is 0 Å². The maximum Gasteiger partial charge on any atom is 0.269 e. The fraction of sp³-hybridized carbons (Fsp3) is 0.600. The smallest absolute Gasteiger partial charge is 0.269 e. The molecule has 1 saturated carbocycles. The first kappa shape index (κ1) is 15.9. The zero-order chi connectivity index (χ0) is 15.2. The van der Waals surface area contributed by atoms with Crippen LogP contribution in [0.1, 0.15) is 37.4 Å². The van der Waals surface area contributed by atoms with Crippen LogP contribution in [-0.2, 0) is 0 Å². The van der Waals surface area contributed by atoms with Crippen molar-refractivity contribution in [2.75, 3.05) is 13.1 Å². The number of nitro groups is 1. The lowest BCUT2D eigenvalue weighted by Crippen LogP contribution is -2.31. The van der Waals surface area contributed by atoms with E-state index >= 15 is 0 Å². The van der Waals surface area contributed by atoms with Gasteiger partial charge in [0.05, 0.1) is 17.1 Å². The summed E-state index contributed by atoms with van der Waals surface area (Å²) in [5.41, 5.74) is 0.687. The van der Waals surface area contributed by atoms with Crippen LogP contribution in [0.3, 0.4) is 0 Å². The van der Waals surface area contributed by atoms with E-state index in [0.717, 1.165) is 32.2 Å². The Labute approximate surface area is 124 Å². The largest absolute Gasteiger partial charge is 0.393 e. The van der Waals surface area contributed by atoms with E-state index in [4.69, 9.17) is 0 Å². The van der Waals surface area contributed by atoms with Crippen LogP contribution in [-0.4, -0.2) is 34.3 Å². The van der Waals surface area contributed by atoms with Crippen LogP contribution in [0.4, 0.5) is 5.69 Å². The van der Waals surface area contributed by atoms with Gasteiger partial charge in [0.15, 0.2) is 0 Å². The summed E-state index contributed by atoms with van der Waals surface area (Å²) in [5.74, 6) is 0.456. The summed E-state index contributed by atoms with van der Waals surface area (Å²) in [6, 6.07) is 5.95. The summed E-state index contributed by atoms with van der Waals surface area (Å²) < 4.78 is 0. The molecule has 1 aromatic rings. The Balaban J connectivity index is 1.76. The number of aliphatic hydroxyl groups excluding tert-OH is 2. The van der Waals surface area contributed by atoms with Gasteiger partial charge in [-0.05, 0) is 49.4 Å². The molecule has 3 atom stereocenters. The van der Waals surface area contributed by atoms with Crippen molar-refractivity contribution in [3.63, 3.8) is 0 Å². The summed E-state index contributed by atoms with van der Waals surface area (Å²) >= 11 is 0. The number of nitrogens with one attached hydrogen (secondary N) is 1. The zero-order valence-corrected chi connectivity index (χ0v) is 11.9. The molecule has 3 N–H and O–H groups in total. The Morgan fingerprint density at radius 1 is 1.33 bits per heavy atom. The lowest BCUT2D eigenvalue weighted by atomic mass is 9.87. The second kappa shape index (κ2) is 7.49. The summed E-state index contributed by atoms with van der Waals surface area (Å²) in [6.45, 7) is 1.19. The number of non-ortho nitro benzene ring substituents is 1. The van der Waals surface area contributed by atoms with Gasteiger partial charge in [-0.15, -0.1) is 0 Å². The molecule has 1 fully saturated rings. The zero-order valence-electron chi connectivity index (χ0n) is 11.9. The average Bonchev–Trinajstić information content (AvgIpc) is 2.47. The third kappa shape index (κ3) is 4.77. The number of nitrogens with zero attached hydrogens (tertiary/aromatic N) is 1. The summed E-state index contributed by atoms with van der Waals surface area (Å²) in [4.78, 5) is 10.1. The van der Waals surface area contributed by atoms with Crippen molar-refractivity contribution in [1.29, 1.82) is 0 Å². The van der Waals surface area contributed by atoms with Crippen LogP contribution in [0, 0.1) is 16.0 Å². The highest BCUT2D eigenvalue weighted by Crippen LogP contribution is 2.23. The van der Waals surface area contributed by atoms with Gasteiger partial charge in [-0.2, -0.15) is 0 Å². The van der Waals surface area contributed by atoms with E-state index in [1.807, 2.05) is 0 Å². The monoisotopic (exact) mass is 294 g/mol. The maximum absolute atomic E-state index is 10.6. The van der Waals surface area contributed by atoms with Crippen molar-refractivity contribution in [2.24, 2.45) is 5.92 Å². The highest BCUT2D eigenvalue weighted by molar-refractivity contribution is 5.33. The first-order valence-corrected chi connectivity index (χ1v) is 7.37. The highest BCUT2D eigenvalue weighted by atomic mass is 16.6. The Hall–Kier alpha value is -1.50. The standard InChI is InChI=1S/C15H22N2O4/c18-14-3-1-2-11(8-14)9-16-10-15(19)12-4-6-13(7-5-12)17(20)21/h4-7,11,14-16,18-19H,1-3,8-10H2. The van der Waals surface area contributed by atoms with E-state index in [9.17, 15) is 20.3 Å². The number of aliphatic hydroxyl groups is 2. The SMILES string of the molecule is O=[N+]([O-])c1ccc(C(O)CNCC2CCCC(O)C2)cc1. The molecule has 21 heavy (non-hydrogen) atoms. The molecular weight excluding hydrogens is 272 g/mol. The van der Waals surface area contributed by atoms with Crippen LogP contribution in [0.15, 0.2) is 24.3 Å². The van der Waals surface area contributed by atoms with Gasteiger partial charge in [-0.3, -0.25) is 10.1 Å². The molecule has 3 unspecified atom stereocenters. The van der Waals surface area contributed by atoms with Gasteiger partial charge in [-0.1, -0.05) is 6.42 Å². The van der Waals surface area contributed by atoms with Gasteiger partial charge in [0.1, 0.15) is 0 Å². The molecule has 6 heteroatoms. The lowest BCUT2D eigenvalue weighted by molar-refractivity contribution is -0.384. The molecule has 1 aliphatic carbocycles. The minimum absolute atomic E-state index is 0.0232. The molecule has 0 bridgehead atoms. The van der Waals surface area contributed by atoms with E-state index in [-0.39, 0.29) is 11.8 Å². The van der Waals surface area contributed by atoms with Gasteiger partial charge >= 0.3 is 0 Å². The molecule has 1 aromatic carbocycles. The average molecular weight is 294 g/mol. The van der Waals surface area contributed by atoms with Crippen molar-refractivity contribution >= 4 is 5.69 Å². The molecule has 1 aliphatic rings. The Morgan fingerprint density at radius 3 is 2.67 bits per heavy atom. The quantitative estimate of drug-likeness (QED) is 0.549. The third-order valence-corrected chi connectivity index (χ3v) is 4.01. The Bertz CT molecular complexity index is 463. The fourth-order valence-corrected chi connectivity index (χ4v) is 2.81. The van der Waals surface area contributed by atoms with Crippen molar-refractivity contribution in [3.05, 3.63) is 39.9 Å². The van der Waals surface area contributed by atoms with Gasteiger partial charge in [0, 0.05) is 18.7 Å². The first-order chi connectivity index (χ1) is 10.1. The fourth-order valence-electron chi connectivity index (χ4n) is 2.81. The van der Waals surface area contributed by atoms with E-state index in [1.54, 1.807) is 12.1 Å². The van der Waals surface area contributed by atoms with Crippen molar-refractivity contribution in [3.8, 4) is 0 Å². The maximum atomic E-state index is 10.6. The van der Waals surface area contributed by atoms with Crippen molar-refractivity contribution in [2.45, 2.75) is 37.9 Å². The van der Waals surface area contributed by atoms with E-state index in [1.165, 1.54) is 12.1 Å². The summed E-state index contributed by atoms with van der Waals surface area (Å²) in [6.07, 6.45) is 3.00. The molecule has 0 saturated heterocycles. The molecule has 0 spiro atoms. The minimum atomic E-state index is -0.681. The molecule has 0 aromatic heterocycles. The molecule has 6 nitrogen and oxygen atoms in total. The van der Waals surface area contributed by atoms with Gasteiger partial charge in [0.25, 0.3) is 5.69 Å². The second-order valence-electron chi connectivity index (χ2n) is 5.71. The molecule has 116 valence electrons. The van der Waals surface area contributed by atoms with Crippen LogP contribution >= 0.6 is 0 Å². The molecule has 0 aliphatic heterocycles. The normalized spacial score (nSPS) is 23.7. The number of hydrogen-bond donors (Lipinski definition) is 3. The lowest BCUT2D eigenvalue weighted by Gasteiger charge is -2.26. The molecule has 0 amide bonds. The Morgan fingerprint density at radius 2 is 2.05 bits per heavy atom. The number of benzene rings is 1. The second-order valence-corrected chi connectivity index (χ2v) is 5.71. The molecule has 2 rings (SSSR count). The molecular formula is C15H22N2O4. The van der Waals surface area contributed by atoms with Crippen LogP contribution in [0.25, 0.3) is 0 Å². The Kier molecular flexibility index (Phi) is 5.67. The number of nitro benzene ring substituents is 1.